The summed E-state index contributed by atoms with van der Waals surface area (Å²) in [5.74, 6) is 0.506. The van der Waals surface area contributed by atoms with Gasteiger partial charge in [0.05, 0.1) is 18.2 Å². The molecular formula is C23H27Cl2N3O4S. The first-order valence-electron chi connectivity index (χ1n) is 10.6. The van der Waals surface area contributed by atoms with Gasteiger partial charge >= 0.3 is 0 Å². The monoisotopic (exact) mass is 511 g/mol. The highest BCUT2D eigenvalue weighted by atomic mass is 35.5. The van der Waals surface area contributed by atoms with Crippen molar-refractivity contribution in [3.8, 4) is 11.5 Å². The topological polar surface area (TPSA) is 88.7 Å². The molecule has 0 atom stereocenters. The molecule has 0 fully saturated rings. The zero-order valence-electron chi connectivity index (χ0n) is 18.3. The lowest BCUT2D eigenvalue weighted by atomic mass is 10.2. The lowest BCUT2D eigenvalue weighted by Crippen LogP contribution is -2.48. The second-order valence-corrected chi connectivity index (χ2v) is 8.32. The molecule has 0 saturated carbocycles. The van der Waals surface area contributed by atoms with Gasteiger partial charge in [-0.3, -0.25) is 25.8 Å². The zero-order chi connectivity index (χ0) is 24.1. The maximum absolute atomic E-state index is 12.3. The Balaban J connectivity index is 1.63. The highest BCUT2D eigenvalue weighted by Crippen LogP contribution is 2.27. The summed E-state index contributed by atoms with van der Waals surface area (Å²) in [7, 11) is 0. The first-order chi connectivity index (χ1) is 15.9. The fraction of sp³-hybridized carbons (Fsp3) is 0.348. The second-order valence-electron chi connectivity index (χ2n) is 7.06. The molecule has 0 aliphatic rings. The van der Waals surface area contributed by atoms with E-state index in [-0.39, 0.29) is 17.4 Å². The lowest BCUT2D eigenvalue weighted by Gasteiger charge is -2.12. The van der Waals surface area contributed by atoms with E-state index >= 15 is 0 Å². The van der Waals surface area contributed by atoms with Crippen LogP contribution in [0, 0.1) is 0 Å². The van der Waals surface area contributed by atoms with Crippen molar-refractivity contribution in [2.45, 2.75) is 39.0 Å². The Kier molecular flexibility index (Phi) is 11.8. The number of benzene rings is 2. The molecule has 0 unspecified atom stereocenters. The molecule has 0 heterocycles. The number of amides is 2. The maximum Gasteiger partial charge on any atom is 0.257 e. The SMILES string of the molecule is CCCCCOc1ccc(C(=O)NC(=S)NNC(=O)CCCOc2ccc(Cl)cc2Cl)cc1. The quantitative estimate of drug-likeness (QED) is 0.222. The third-order valence-electron chi connectivity index (χ3n) is 4.38. The number of hydrogen-bond donors (Lipinski definition) is 3. The van der Waals surface area contributed by atoms with E-state index in [0.29, 0.717) is 46.7 Å². The van der Waals surface area contributed by atoms with Gasteiger partial charge in [0.1, 0.15) is 11.5 Å². The molecule has 0 radical (unpaired) electrons. The van der Waals surface area contributed by atoms with Crippen LogP contribution in [0.15, 0.2) is 42.5 Å². The summed E-state index contributed by atoms with van der Waals surface area (Å²) in [4.78, 5) is 24.2. The first-order valence-corrected chi connectivity index (χ1v) is 11.8. The Labute approximate surface area is 209 Å². The normalized spacial score (nSPS) is 10.3. The van der Waals surface area contributed by atoms with Gasteiger partial charge < -0.3 is 9.47 Å². The van der Waals surface area contributed by atoms with Crippen molar-refractivity contribution in [1.29, 1.82) is 0 Å². The number of unbranched alkanes of at least 4 members (excludes halogenated alkanes) is 2. The van der Waals surface area contributed by atoms with Crippen LogP contribution in [0.5, 0.6) is 11.5 Å². The van der Waals surface area contributed by atoms with Gasteiger partial charge in [0.25, 0.3) is 5.91 Å². The number of thiocarbonyl (C=S) groups is 1. The molecule has 10 heteroatoms. The average molecular weight is 512 g/mol. The number of hydrazine groups is 1. The molecule has 0 saturated heterocycles. The van der Waals surface area contributed by atoms with Gasteiger partial charge in [0.2, 0.25) is 5.91 Å². The molecule has 2 aromatic carbocycles. The van der Waals surface area contributed by atoms with Crippen molar-refractivity contribution in [1.82, 2.24) is 16.2 Å². The molecular weight excluding hydrogens is 485 g/mol. The largest absolute Gasteiger partial charge is 0.494 e. The van der Waals surface area contributed by atoms with Crippen LogP contribution < -0.4 is 25.6 Å². The smallest absolute Gasteiger partial charge is 0.257 e. The Morgan fingerprint density at radius 2 is 1.67 bits per heavy atom. The summed E-state index contributed by atoms with van der Waals surface area (Å²) in [5.41, 5.74) is 5.36. The van der Waals surface area contributed by atoms with Crippen LogP contribution in [0.1, 0.15) is 49.4 Å². The highest BCUT2D eigenvalue weighted by Gasteiger charge is 2.09. The minimum atomic E-state index is -0.396. The lowest BCUT2D eigenvalue weighted by molar-refractivity contribution is -0.121. The summed E-state index contributed by atoms with van der Waals surface area (Å²) in [5, 5.41) is 3.41. The van der Waals surface area contributed by atoms with Gasteiger partial charge in [-0.2, -0.15) is 0 Å². The fourth-order valence-electron chi connectivity index (χ4n) is 2.65. The molecule has 33 heavy (non-hydrogen) atoms. The number of hydrogen-bond acceptors (Lipinski definition) is 5. The predicted octanol–water partition coefficient (Wildman–Crippen LogP) is 5.06. The molecule has 3 N–H and O–H groups in total. The van der Waals surface area contributed by atoms with Crippen LogP contribution in [-0.4, -0.2) is 30.1 Å². The van der Waals surface area contributed by atoms with Gasteiger partial charge in [0, 0.05) is 17.0 Å². The standard InChI is InChI=1S/C23H27Cl2N3O4S/c1-2-3-4-13-31-18-10-7-16(8-11-18)22(30)26-23(33)28-27-21(29)6-5-14-32-20-12-9-17(24)15-19(20)25/h7-12,15H,2-6,13-14H2,1H3,(H,27,29)(H2,26,28,30,33). The predicted molar refractivity (Wildman–Crippen MR) is 134 cm³/mol. The van der Waals surface area contributed by atoms with E-state index in [0.717, 1.165) is 19.3 Å². The second kappa shape index (κ2) is 14.6. The van der Waals surface area contributed by atoms with E-state index < -0.39 is 5.91 Å². The zero-order valence-corrected chi connectivity index (χ0v) is 20.6. The maximum atomic E-state index is 12.3. The van der Waals surface area contributed by atoms with Crippen LogP contribution >= 0.6 is 35.4 Å². The Bertz CT molecular complexity index is 942. The van der Waals surface area contributed by atoms with Crippen molar-refractivity contribution in [3.05, 3.63) is 58.1 Å². The van der Waals surface area contributed by atoms with Gasteiger partial charge in [0.15, 0.2) is 5.11 Å². The molecule has 0 bridgehead atoms. The Hall–Kier alpha value is -2.55. The first kappa shape index (κ1) is 26.7. The number of rotatable bonds is 11. The van der Waals surface area contributed by atoms with Gasteiger partial charge in [-0.1, -0.05) is 43.0 Å². The molecule has 0 spiro atoms. The van der Waals surface area contributed by atoms with Crippen molar-refractivity contribution >= 4 is 52.3 Å². The van der Waals surface area contributed by atoms with Crippen LogP contribution in [0.3, 0.4) is 0 Å². The molecule has 7 nitrogen and oxygen atoms in total. The molecule has 2 rings (SSSR count). The molecule has 0 aromatic heterocycles. The van der Waals surface area contributed by atoms with E-state index in [4.69, 9.17) is 44.9 Å². The van der Waals surface area contributed by atoms with E-state index in [1.165, 1.54) is 0 Å². The molecule has 0 aliphatic carbocycles. The summed E-state index contributed by atoms with van der Waals surface area (Å²) in [6.07, 6.45) is 3.89. The van der Waals surface area contributed by atoms with E-state index in [2.05, 4.69) is 23.1 Å². The van der Waals surface area contributed by atoms with E-state index in [1.54, 1.807) is 42.5 Å². The third-order valence-corrected chi connectivity index (χ3v) is 5.11. The van der Waals surface area contributed by atoms with Gasteiger partial charge in [-0.15, -0.1) is 0 Å². The minimum absolute atomic E-state index is 0.0163. The number of nitrogens with one attached hydrogen (secondary N) is 3. The number of halogens is 2. The third kappa shape index (κ3) is 10.3. The Morgan fingerprint density at radius 1 is 0.939 bits per heavy atom. The number of carbonyl (C=O) groups excluding carboxylic acids is 2. The van der Waals surface area contributed by atoms with E-state index in [9.17, 15) is 9.59 Å². The van der Waals surface area contributed by atoms with Crippen LogP contribution in [-0.2, 0) is 4.79 Å². The van der Waals surface area contributed by atoms with Crippen LogP contribution in [0.4, 0.5) is 0 Å². The highest BCUT2D eigenvalue weighted by molar-refractivity contribution is 7.80. The van der Waals surface area contributed by atoms with Gasteiger partial charge in [-0.25, -0.2) is 0 Å². The van der Waals surface area contributed by atoms with Crippen LogP contribution in [0.2, 0.25) is 10.0 Å². The fourth-order valence-corrected chi connectivity index (χ4v) is 3.25. The van der Waals surface area contributed by atoms with Gasteiger partial charge in [-0.05, 0) is 67.5 Å². The average Bonchev–Trinajstić information content (AvgIpc) is 2.79. The molecule has 178 valence electrons. The van der Waals surface area contributed by atoms with Crippen LogP contribution in [0.25, 0.3) is 0 Å². The van der Waals surface area contributed by atoms with Crippen molar-refractivity contribution in [2.75, 3.05) is 13.2 Å². The molecule has 2 amide bonds. The summed E-state index contributed by atoms with van der Waals surface area (Å²) in [6.45, 7) is 3.08. The summed E-state index contributed by atoms with van der Waals surface area (Å²) >= 11 is 16.9. The summed E-state index contributed by atoms with van der Waals surface area (Å²) in [6, 6.07) is 11.7. The van der Waals surface area contributed by atoms with Crippen molar-refractivity contribution < 1.29 is 19.1 Å². The number of ether oxygens (including phenoxy) is 2. The number of carbonyl (C=O) groups is 2. The van der Waals surface area contributed by atoms with Crippen molar-refractivity contribution in [3.63, 3.8) is 0 Å². The molecule has 0 aliphatic heterocycles. The summed E-state index contributed by atoms with van der Waals surface area (Å²) < 4.78 is 11.2. The molecule has 2 aromatic rings. The minimum Gasteiger partial charge on any atom is -0.494 e. The van der Waals surface area contributed by atoms with E-state index in [1.807, 2.05) is 0 Å². The van der Waals surface area contributed by atoms with Crippen molar-refractivity contribution in [2.24, 2.45) is 0 Å². The Morgan fingerprint density at radius 3 is 2.36 bits per heavy atom.